The first-order chi connectivity index (χ1) is 8.97. The third-order valence-corrected chi connectivity index (χ3v) is 3.33. The monoisotopic (exact) mass is 257 g/mol. The Bertz CT molecular complexity index is 594. The van der Waals surface area contributed by atoms with Gasteiger partial charge in [0.05, 0.1) is 23.5 Å². The van der Waals surface area contributed by atoms with E-state index < -0.39 is 0 Å². The van der Waals surface area contributed by atoms with Gasteiger partial charge >= 0.3 is 0 Å². The molecule has 0 spiro atoms. The molecule has 0 radical (unpaired) electrons. The van der Waals surface area contributed by atoms with Crippen LogP contribution in [0.15, 0.2) is 18.2 Å². The van der Waals surface area contributed by atoms with Gasteiger partial charge in [-0.2, -0.15) is 5.10 Å². The molecule has 1 heterocycles. The molecule has 0 saturated heterocycles. The van der Waals surface area contributed by atoms with Gasteiger partial charge in [0, 0.05) is 0 Å². The second kappa shape index (κ2) is 5.26. The molecule has 0 aliphatic carbocycles. The van der Waals surface area contributed by atoms with E-state index in [1.165, 1.54) is 11.1 Å². The predicted molar refractivity (Wildman–Crippen MR) is 76.3 cm³/mol. The van der Waals surface area contributed by atoms with Crippen molar-refractivity contribution >= 4 is 11.6 Å². The topological polar surface area (TPSA) is 57.8 Å². The molecular weight excluding hydrogens is 238 g/mol. The fourth-order valence-electron chi connectivity index (χ4n) is 2.02. The Kier molecular flexibility index (Phi) is 3.69. The molecule has 0 bridgehead atoms. The van der Waals surface area contributed by atoms with Gasteiger partial charge in [-0.1, -0.05) is 18.2 Å². The van der Waals surface area contributed by atoms with E-state index in [0.29, 0.717) is 6.42 Å². The number of aromatic amines is 1. The highest BCUT2D eigenvalue weighted by atomic mass is 16.1. The van der Waals surface area contributed by atoms with Gasteiger partial charge in [-0.25, -0.2) is 0 Å². The summed E-state index contributed by atoms with van der Waals surface area (Å²) in [5, 5.41) is 9.83. The number of amides is 1. The second-order valence-corrected chi connectivity index (χ2v) is 4.95. The van der Waals surface area contributed by atoms with Crippen LogP contribution < -0.4 is 5.32 Å². The number of rotatable bonds is 3. The number of benzene rings is 1. The van der Waals surface area contributed by atoms with E-state index in [2.05, 4.69) is 35.4 Å². The van der Waals surface area contributed by atoms with Gasteiger partial charge in [-0.3, -0.25) is 9.89 Å². The lowest BCUT2D eigenvalue weighted by Gasteiger charge is -2.07. The van der Waals surface area contributed by atoms with Crippen molar-refractivity contribution in [1.29, 1.82) is 0 Å². The van der Waals surface area contributed by atoms with E-state index in [9.17, 15) is 4.79 Å². The number of aryl methyl sites for hydroxylation is 4. The number of H-pyrrole nitrogens is 1. The van der Waals surface area contributed by atoms with E-state index in [-0.39, 0.29) is 5.91 Å². The highest BCUT2D eigenvalue weighted by Gasteiger charge is 2.10. The van der Waals surface area contributed by atoms with Gasteiger partial charge in [0.1, 0.15) is 0 Å². The lowest BCUT2D eigenvalue weighted by molar-refractivity contribution is -0.115. The van der Waals surface area contributed by atoms with Crippen LogP contribution in [0, 0.1) is 27.7 Å². The van der Waals surface area contributed by atoms with Gasteiger partial charge in [-0.15, -0.1) is 0 Å². The van der Waals surface area contributed by atoms with Crippen molar-refractivity contribution in [3.05, 3.63) is 46.3 Å². The molecule has 0 fully saturated rings. The average molecular weight is 257 g/mol. The van der Waals surface area contributed by atoms with Crippen molar-refractivity contribution in [3.8, 4) is 0 Å². The Morgan fingerprint density at radius 3 is 2.53 bits per heavy atom. The fourth-order valence-corrected chi connectivity index (χ4v) is 2.02. The summed E-state index contributed by atoms with van der Waals surface area (Å²) in [6.07, 6.45) is 0.380. The standard InChI is InChI=1S/C15H19N3O/c1-9-5-6-13(7-10(9)2)8-14(19)16-15-11(3)17-18-12(15)4/h5-7H,8H2,1-4H3,(H,16,19)(H,17,18). The summed E-state index contributed by atoms with van der Waals surface area (Å²) in [5.74, 6) is -0.0177. The largest absolute Gasteiger partial charge is 0.323 e. The number of carbonyl (C=O) groups excluding carboxylic acids is 1. The fraction of sp³-hybridized carbons (Fsp3) is 0.333. The van der Waals surface area contributed by atoms with Gasteiger partial charge in [0.25, 0.3) is 0 Å². The van der Waals surface area contributed by atoms with E-state index in [4.69, 9.17) is 0 Å². The number of nitrogens with one attached hydrogen (secondary N) is 2. The minimum Gasteiger partial charge on any atom is -0.323 e. The molecular formula is C15H19N3O. The predicted octanol–water partition coefficient (Wildman–Crippen LogP) is 2.82. The normalized spacial score (nSPS) is 10.5. The molecule has 1 aromatic carbocycles. The third kappa shape index (κ3) is 3.02. The van der Waals surface area contributed by atoms with Crippen LogP contribution in [0.1, 0.15) is 28.1 Å². The molecule has 0 atom stereocenters. The van der Waals surface area contributed by atoms with Crippen LogP contribution in [0.5, 0.6) is 0 Å². The Morgan fingerprint density at radius 1 is 1.21 bits per heavy atom. The first-order valence-electron chi connectivity index (χ1n) is 6.35. The summed E-state index contributed by atoms with van der Waals surface area (Å²) in [7, 11) is 0. The lowest BCUT2D eigenvalue weighted by Crippen LogP contribution is -2.15. The van der Waals surface area contributed by atoms with Crippen LogP contribution in [0.3, 0.4) is 0 Å². The molecule has 2 N–H and O–H groups in total. The Balaban J connectivity index is 2.07. The van der Waals surface area contributed by atoms with Crippen molar-refractivity contribution in [1.82, 2.24) is 10.2 Å². The van der Waals surface area contributed by atoms with Crippen molar-refractivity contribution < 1.29 is 4.79 Å². The SMILES string of the molecule is Cc1ccc(CC(=O)Nc2c(C)n[nH]c2C)cc1C. The maximum Gasteiger partial charge on any atom is 0.228 e. The maximum absolute atomic E-state index is 12.0. The maximum atomic E-state index is 12.0. The number of hydrogen-bond donors (Lipinski definition) is 2. The van der Waals surface area contributed by atoms with Crippen LogP contribution in [0.25, 0.3) is 0 Å². The number of hydrogen-bond acceptors (Lipinski definition) is 2. The molecule has 2 aromatic rings. The zero-order valence-electron chi connectivity index (χ0n) is 11.8. The highest BCUT2D eigenvalue weighted by molar-refractivity contribution is 5.93. The number of carbonyl (C=O) groups is 1. The molecule has 2 rings (SSSR count). The zero-order valence-corrected chi connectivity index (χ0v) is 11.8. The van der Waals surface area contributed by atoms with Crippen LogP contribution >= 0.6 is 0 Å². The van der Waals surface area contributed by atoms with Gasteiger partial charge in [0.15, 0.2) is 0 Å². The van der Waals surface area contributed by atoms with E-state index in [1.54, 1.807) is 0 Å². The second-order valence-electron chi connectivity index (χ2n) is 4.95. The van der Waals surface area contributed by atoms with Crippen molar-refractivity contribution in [2.45, 2.75) is 34.1 Å². The summed E-state index contributed by atoms with van der Waals surface area (Å²) < 4.78 is 0. The first kappa shape index (κ1) is 13.3. The van der Waals surface area contributed by atoms with E-state index in [1.807, 2.05) is 26.0 Å². The molecule has 100 valence electrons. The molecule has 1 amide bonds. The minimum absolute atomic E-state index is 0.0177. The molecule has 4 nitrogen and oxygen atoms in total. The number of aromatic nitrogens is 2. The van der Waals surface area contributed by atoms with Crippen LogP contribution in [-0.4, -0.2) is 16.1 Å². The summed E-state index contributed by atoms with van der Waals surface area (Å²) in [6, 6.07) is 6.10. The average Bonchev–Trinajstić information content (AvgIpc) is 2.66. The quantitative estimate of drug-likeness (QED) is 0.888. The van der Waals surface area contributed by atoms with Gasteiger partial charge in [0.2, 0.25) is 5.91 Å². The Morgan fingerprint density at radius 2 is 1.95 bits per heavy atom. The van der Waals surface area contributed by atoms with Crippen LogP contribution in [0.4, 0.5) is 5.69 Å². The molecule has 19 heavy (non-hydrogen) atoms. The van der Waals surface area contributed by atoms with Crippen LogP contribution in [0.2, 0.25) is 0 Å². The highest BCUT2D eigenvalue weighted by Crippen LogP contribution is 2.17. The lowest BCUT2D eigenvalue weighted by atomic mass is 10.0. The molecule has 0 unspecified atom stereocenters. The summed E-state index contributed by atoms with van der Waals surface area (Å²) in [6.45, 7) is 7.89. The molecule has 0 aliphatic rings. The van der Waals surface area contributed by atoms with Crippen LogP contribution in [-0.2, 0) is 11.2 Å². The first-order valence-corrected chi connectivity index (χ1v) is 6.35. The molecule has 4 heteroatoms. The van der Waals surface area contributed by atoms with E-state index in [0.717, 1.165) is 22.6 Å². The third-order valence-electron chi connectivity index (χ3n) is 3.33. The summed E-state index contributed by atoms with van der Waals surface area (Å²) in [5.41, 5.74) is 5.96. The smallest absolute Gasteiger partial charge is 0.228 e. The van der Waals surface area contributed by atoms with Crippen molar-refractivity contribution in [2.24, 2.45) is 0 Å². The summed E-state index contributed by atoms with van der Waals surface area (Å²) >= 11 is 0. The van der Waals surface area contributed by atoms with Crippen molar-refractivity contribution in [2.75, 3.05) is 5.32 Å². The number of nitrogens with zero attached hydrogens (tertiary/aromatic N) is 1. The number of anilines is 1. The molecule has 0 saturated carbocycles. The molecule has 0 aliphatic heterocycles. The van der Waals surface area contributed by atoms with Crippen molar-refractivity contribution in [3.63, 3.8) is 0 Å². The van der Waals surface area contributed by atoms with Gasteiger partial charge < -0.3 is 5.32 Å². The van der Waals surface area contributed by atoms with Gasteiger partial charge in [-0.05, 0) is 44.4 Å². The van der Waals surface area contributed by atoms with E-state index >= 15 is 0 Å². The zero-order chi connectivity index (χ0) is 14.0. The molecule has 1 aromatic heterocycles. The Labute approximate surface area is 113 Å². The minimum atomic E-state index is -0.0177. The summed E-state index contributed by atoms with van der Waals surface area (Å²) in [4.78, 5) is 12.0. The Hall–Kier alpha value is -2.10.